The van der Waals surface area contributed by atoms with Gasteiger partial charge in [-0.15, -0.1) is 11.8 Å². The van der Waals surface area contributed by atoms with Crippen molar-refractivity contribution in [3.63, 3.8) is 0 Å². The van der Waals surface area contributed by atoms with Crippen molar-refractivity contribution in [1.29, 1.82) is 0 Å². The third kappa shape index (κ3) is 2.88. The average molecular weight is 295 g/mol. The summed E-state index contributed by atoms with van der Waals surface area (Å²) in [6.07, 6.45) is 1.82. The Morgan fingerprint density at radius 2 is 1.95 bits per heavy atom. The minimum Gasteiger partial charge on any atom is -0.465 e. The second kappa shape index (κ2) is 6.04. The second-order valence-electron chi connectivity index (χ2n) is 3.58. The zero-order valence-electron chi connectivity index (χ0n) is 10.4. The molecule has 2 aromatic rings. The normalized spacial score (nSPS) is 10.3. The fourth-order valence-corrected chi connectivity index (χ4v) is 2.42. The lowest BCUT2D eigenvalue weighted by molar-refractivity contribution is 0.0595. The molecular weight excluding hydrogens is 284 g/mol. The van der Waals surface area contributed by atoms with Gasteiger partial charge >= 0.3 is 5.97 Å². The topological polar surface area (TPSA) is 52.1 Å². The lowest BCUT2D eigenvalue weighted by Gasteiger charge is -2.08. The van der Waals surface area contributed by atoms with E-state index in [0.29, 0.717) is 10.9 Å². The van der Waals surface area contributed by atoms with Crippen LogP contribution in [0.5, 0.6) is 0 Å². The van der Waals surface area contributed by atoms with E-state index < -0.39 is 5.97 Å². The summed E-state index contributed by atoms with van der Waals surface area (Å²) in [5.74, 6) is -0.0448. The van der Waals surface area contributed by atoms with Crippen LogP contribution in [0, 0.1) is 0 Å². The third-order valence-corrected chi connectivity index (χ3v) is 3.40. The zero-order valence-corrected chi connectivity index (χ0v) is 12.0. The molecule has 0 atom stereocenters. The molecule has 98 valence electrons. The highest BCUT2D eigenvalue weighted by Crippen LogP contribution is 2.28. The van der Waals surface area contributed by atoms with Crippen molar-refractivity contribution < 1.29 is 9.53 Å². The number of aromatic nitrogens is 2. The van der Waals surface area contributed by atoms with Crippen molar-refractivity contribution in [3.05, 3.63) is 41.0 Å². The number of benzene rings is 1. The van der Waals surface area contributed by atoms with E-state index in [2.05, 4.69) is 14.7 Å². The Kier molecular flexibility index (Phi) is 4.39. The standard InChI is InChI=1S/C13H11ClN2O2S/c1-18-13(17)9-10(14)15-11(16-12(9)19-2)8-6-4-3-5-7-8/h3-7H,1-2H3. The van der Waals surface area contributed by atoms with Crippen LogP contribution < -0.4 is 0 Å². The van der Waals surface area contributed by atoms with Gasteiger partial charge in [-0.3, -0.25) is 0 Å². The van der Waals surface area contributed by atoms with Crippen LogP contribution in [0.3, 0.4) is 0 Å². The summed E-state index contributed by atoms with van der Waals surface area (Å²) in [6, 6.07) is 9.45. The van der Waals surface area contributed by atoms with Crippen LogP contribution in [0.25, 0.3) is 11.4 Å². The number of halogens is 1. The van der Waals surface area contributed by atoms with E-state index in [-0.39, 0.29) is 10.7 Å². The highest BCUT2D eigenvalue weighted by molar-refractivity contribution is 7.98. The number of rotatable bonds is 3. The molecule has 2 rings (SSSR count). The molecule has 0 fully saturated rings. The van der Waals surface area contributed by atoms with Crippen LogP contribution >= 0.6 is 23.4 Å². The van der Waals surface area contributed by atoms with Gasteiger partial charge in [0.25, 0.3) is 0 Å². The number of hydrogen-bond donors (Lipinski definition) is 0. The van der Waals surface area contributed by atoms with Crippen molar-refractivity contribution in [2.24, 2.45) is 0 Å². The highest BCUT2D eigenvalue weighted by Gasteiger charge is 2.20. The smallest absolute Gasteiger partial charge is 0.343 e. The SMILES string of the molecule is COC(=O)c1c(Cl)nc(-c2ccccc2)nc1SC. The van der Waals surface area contributed by atoms with Crippen molar-refractivity contribution in [2.45, 2.75) is 5.03 Å². The van der Waals surface area contributed by atoms with Crippen LogP contribution in [0.15, 0.2) is 35.4 Å². The first-order valence-corrected chi connectivity index (χ1v) is 7.03. The minimum atomic E-state index is -0.533. The maximum Gasteiger partial charge on any atom is 0.343 e. The van der Waals surface area contributed by atoms with Crippen molar-refractivity contribution in [2.75, 3.05) is 13.4 Å². The summed E-state index contributed by atoms with van der Waals surface area (Å²) in [4.78, 5) is 20.2. The van der Waals surface area contributed by atoms with Gasteiger partial charge in [0.15, 0.2) is 5.82 Å². The molecule has 0 bridgehead atoms. The van der Waals surface area contributed by atoms with E-state index in [9.17, 15) is 4.79 Å². The van der Waals surface area contributed by atoms with Gasteiger partial charge in [-0.05, 0) is 6.26 Å². The summed E-state index contributed by atoms with van der Waals surface area (Å²) in [7, 11) is 1.30. The fourth-order valence-electron chi connectivity index (χ4n) is 1.55. The minimum absolute atomic E-state index is 0.102. The number of methoxy groups -OCH3 is 1. The molecule has 0 unspecified atom stereocenters. The molecule has 0 aliphatic rings. The molecule has 0 radical (unpaired) electrons. The molecule has 0 N–H and O–H groups in total. The lowest BCUT2D eigenvalue weighted by Crippen LogP contribution is -2.08. The second-order valence-corrected chi connectivity index (χ2v) is 4.73. The highest BCUT2D eigenvalue weighted by atomic mass is 35.5. The van der Waals surface area contributed by atoms with E-state index >= 15 is 0 Å². The lowest BCUT2D eigenvalue weighted by atomic mass is 10.2. The molecule has 1 heterocycles. The molecule has 19 heavy (non-hydrogen) atoms. The summed E-state index contributed by atoms with van der Waals surface area (Å²) in [6.45, 7) is 0. The number of ether oxygens (including phenoxy) is 1. The Morgan fingerprint density at radius 3 is 2.53 bits per heavy atom. The molecule has 6 heteroatoms. The molecular formula is C13H11ClN2O2S. The van der Waals surface area contributed by atoms with E-state index in [0.717, 1.165) is 5.56 Å². The quantitative estimate of drug-likeness (QED) is 0.494. The van der Waals surface area contributed by atoms with Gasteiger partial charge in [-0.25, -0.2) is 14.8 Å². The van der Waals surface area contributed by atoms with E-state index in [4.69, 9.17) is 11.6 Å². The predicted octanol–water partition coefficient (Wildman–Crippen LogP) is 3.31. The Morgan fingerprint density at radius 1 is 1.26 bits per heavy atom. The molecule has 0 aliphatic heterocycles. The summed E-state index contributed by atoms with van der Waals surface area (Å²) in [5, 5.41) is 0.607. The van der Waals surface area contributed by atoms with Gasteiger partial charge in [0.2, 0.25) is 0 Å². The molecule has 4 nitrogen and oxygen atoms in total. The fraction of sp³-hybridized carbons (Fsp3) is 0.154. The van der Waals surface area contributed by atoms with Gasteiger partial charge in [-0.2, -0.15) is 0 Å². The Hall–Kier alpha value is -1.59. The van der Waals surface area contributed by atoms with Gasteiger partial charge in [0.05, 0.1) is 7.11 Å². The van der Waals surface area contributed by atoms with Crippen LogP contribution in [0.1, 0.15) is 10.4 Å². The first kappa shape index (κ1) is 13.8. The number of nitrogens with zero attached hydrogens (tertiary/aromatic N) is 2. The zero-order chi connectivity index (χ0) is 13.8. The Bertz CT molecular complexity index is 605. The monoisotopic (exact) mass is 294 g/mol. The van der Waals surface area contributed by atoms with Gasteiger partial charge in [0, 0.05) is 5.56 Å². The van der Waals surface area contributed by atoms with Crippen LogP contribution in [0.2, 0.25) is 5.15 Å². The molecule has 1 aromatic carbocycles. The summed E-state index contributed by atoms with van der Waals surface area (Å²) < 4.78 is 4.69. The Labute approximate surface area is 120 Å². The van der Waals surface area contributed by atoms with Gasteiger partial charge in [-0.1, -0.05) is 41.9 Å². The molecule has 1 aromatic heterocycles. The first-order valence-electron chi connectivity index (χ1n) is 5.42. The van der Waals surface area contributed by atoms with Crippen molar-refractivity contribution >= 4 is 29.3 Å². The number of carbonyl (C=O) groups excluding carboxylic acids is 1. The summed E-state index contributed by atoms with van der Waals surface area (Å²) in [5.41, 5.74) is 1.05. The van der Waals surface area contributed by atoms with Crippen LogP contribution in [-0.4, -0.2) is 29.3 Å². The number of thioether (sulfide) groups is 1. The van der Waals surface area contributed by atoms with E-state index in [1.807, 2.05) is 36.6 Å². The van der Waals surface area contributed by atoms with Crippen LogP contribution in [0.4, 0.5) is 0 Å². The van der Waals surface area contributed by atoms with Gasteiger partial charge in [0.1, 0.15) is 15.7 Å². The van der Waals surface area contributed by atoms with E-state index in [1.165, 1.54) is 18.9 Å². The summed E-state index contributed by atoms with van der Waals surface area (Å²) >= 11 is 7.40. The van der Waals surface area contributed by atoms with E-state index in [1.54, 1.807) is 0 Å². The number of hydrogen-bond acceptors (Lipinski definition) is 5. The molecule has 0 amide bonds. The van der Waals surface area contributed by atoms with Crippen molar-refractivity contribution in [3.8, 4) is 11.4 Å². The Balaban J connectivity index is 2.57. The average Bonchev–Trinajstić information content (AvgIpc) is 2.46. The maximum absolute atomic E-state index is 11.7. The number of esters is 1. The van der Waals surface area contributed by atoms with Crippen molar-refractivity contribution in [1.82, 2.24) is 9.97 Å². The predicted molar refractivity (Wildman–Crippen MR) is 75.6 cm³/mol. The van der Waals surface area contributed by atoms with Crippen LogP contribution in [-0.2, 0) is 4.74 Å². The largest absolute Gasteiger partial charge is 0.465 e. The third-order valence-electron chi connectivity index (χ3n) is 2.45. The first-order chi connectivity index (χ1) is 9.17. The number of carbonyl (C=O) groups is 1. The molecule has 0 spiro atoms. The maximum atomic E-state index is 11.7. The molecule has 0 saturated carbocycles. The molecule has 0 saturated heterocycles. The molecule has 0 aliphatic carbocycles. The van der Waals surface area contributed by atoms with Gasteiger partial charge < -0.3 is 4.74 Å².